The van der Waals surface area contributed by atoms with Crippen LogP contribution in [-0.2, 0) is 20.3 Å². The first-order chi connectivity index (χ1) is 18.7. The lowest BCUT2D eigenvalue weighted by Crippen LogP contribution is -2.21. The third kappa shape index (κ3) is 4.80. The van der Waals surface area contributed by atoms with Gasteiger partial charge in [-0.25, -0.2) is 4.79 Å². The highest BCUT2D eigenvalue weighted by Gasteiger charge is 2.21. The number of fused-ring (bicyclic) bond motifs is 1. The van der Waals surface area contributed by atoms with Crippen LogP contribution in [0.4, 0.5) is 0 Å². The van der Waals surface area contributed by atoms with Gasteiger partial charge in [0.25, 0.3) is 0 Å². The Bertz CT molecular complexity index is 1600. The number of hydrogen-bond acceptors (Lipinski definition) is 5. The van der Waals surface area contributed by atoms with Crippen molar-refractivity contribution in [2.24, 2.45) is 7.05 Å². The lowest BCUT2D eigenvalue weighted by atomic mass is 9.98. The summed E-state index contributed by atoms with van der Waals surface area (Å²) in [5.74, 6) is 1.24. The number of nitrogens with one attached hydrogen (secondary N) is 1. The zero-order chi connectivity index (χ0) is 25.9. The van der Waals surface area contributed by atoms with E-state index in [-0.39, 0.29) is 5.69 Å². The summed E-state index contributed by atoms with van der Waals surface area (Å²) < 4.78 is 15.6. The molecule has 192 valence electrons. The molecule has 1 aliphatic rings. The summed E-state index contributed by atoms with van der Waals surface area (Å²) in [5, 5.41) is 3.43. The maximum absolute atomic E-state index is 13.5. The minimum absolute atomic E-state index is 0.147. The molecule has 0 spiro atoms. The average Bonchev–Trinajstić information content (AvgIpc) is 3.59. The van der Waals surface area contributed by atoms with Gasteiger partial charge in [-0.05, 0) is 53.8 Å². The monoisotopic (exact) mass is 506 g/mol. The summed E-state index contributed by atoms with van der Waals surface area (Å²) in [6.45, 7) is 2.70. The Balaban J connectivity index is 1.39. The molecule has 3 aromatic carbocycles. The largest absolute Gasteiger partial charge is 0.473 e. The fourth-order valence-electron chi connectivity index (χ4n) is 5.01. The zero-order valence-corrected chi connectivity index (χ0v) is 21.3. The van der Waals surface area contributed by atoms with Gasteiger partial charge in [0, 0.05) is 19.7 Å². The lowest BCUT2D eigenvalue weighted by molar-refractivity contribution is 0.267. The number of nitrogens with zero attached hydrogens (tertiary/aromatic N) is 3. The van der Waals surface area contributed by atoms with Crippen LogP contribution in [-0.4, -0.2) is 27.2 Å². The summed E-state index contributed by atoms with van der Waals surface area (Å²) >= 11 is 0. The van der Waals surface area contributed by atoms with Crippen LogP contribution in [0.1, 0.15) is 29.0 Å². The number of rotatable bonds is 8. The predicted molar refractivity (Wildman–Crippen MR) is 148 cm³/mol. The summed E-state index contributed by atoms with van der Waals surface area (Å²) in [6.07, 6.45) is 1.10. The molecular weight excluding hydrogens is 476 g/mol. The van der Waals surface area contributed by atoms with E-state index in [4.69, 9.17) is 14.5 Å². The number of pyridine rings is 1. The van der Waals surface area contributed by atoms with E-state index in [1.807, 2.05) is 79.8 Å². The molecule has 1 aliphatic heterocycles. The Morgan fingerprint density at radius 1 is 0.868 bits per heavy atom. The number of ether oxygens (including phenoxy) is 2. The van der Waals surface area contributed by atoms with Crippen LogP contribution in [0.25, 0.3) is 16.7 Å². The van der Waals surface area contributed by atoms with Crippen molar-refractivity contribution in [3.63, 3.8) is 0 Å². The molecule has 3 heterocycles. The van der Waals surface area contributed by atoms with Crippen LogP contribution in [0, 0.1) is 0 Å². The Hall–Kier alpha value is -4.36. The first-order valence-corrected chi connectivity index (χ1v) is 12.9. The quantitative estimate of drug-likeness (QED) is 0.322. The van der Waals surface area contributed by atoms with Crippen LogP contribution in [0.5, 0.6) is 11.8 Å². The Morgan fingerprint density at radius 2 is 1.58 bits per heavy atom. The molecule has 7 heteroatoms. The maximum atomic E-state index is 13.5. The van der Waals surface area contributed by atoms with Crippen LogP contribution in [0.3, 0.4) is 0 Å². The number of imidazole rings is 1. The molecule has 0 saturated carbocycles. The highest BCUT2D eigenvalue weighted by Crippen LogP contribution is 2.30. The van der Waals surface area contributed by atoms with Crippen molar-refractivity contribution >= 4 is 11.0 Å². The molecule has 5 aromatic rings. The van der Waals surface area contributed by atoms with E-state index >= 15 is 0 Å². The van der Waals surface area contributed by atoms with E-state index in [1.54, 1.807) is 15.2 Å². The second-order valence-corrected chi connectivity index (χ2v) is 9.64. The van der Waals surface area contributed by atoms with E-state index in [2.05, 4.69) is 17.4 Å². The lowest BCUT2D eigenvalue weighted by Gasteiger charge is -2.14. The van der Waals surface area contributed by atoms with E-state index in [1.165, 1.54) is 5.56 Å². The van der Waals surface area contributed by atoms with Crippen LogP contribution >= 0.6 is 0 Å². The molecule has 6 rings (SSSR count). The van der Waals surface area contributed by atoms with Crippen molar-refractivity contribution in [1.82, 2.24) is 19.4 Å². The second kappa shape index (κ2) is 10.6. The highest BCUT2D eigenvalue weighted by atomic mass is 16.5. The summed E-state index contributed by atoms with van der Waals surface area (Å²) in [4.78, 5) is 18.2. The zero-order valence-electron chi connectivity index (χ0n) is 21.3. The molecule has 7 nitrogen and oxygen atoms in total. The SMILES string of the molecule is Cn1c(=O)n(-c2ccc(OCc3ccccc3)nc2OCc2ccccc2)c2ccc(C3CCNC3)cc21. The molecule has 1 atom stereocenters. The number of benzene rings is 3. The van der Waals surface area contributed by atoms with E-state index in [0.717, 1.165) is 41.7 Å². The summed E-state index contributed by atoms with van der Waals surface area (Å²) in [7, 11) is 1.81. The van der Waals surface area contributed by atoms with Gasteiger partial charge in [0.05, 0.1) is 11.0 Å². The number of aryl methyl sites for hydroxylation is 1. The fourth-order valence-corrected chi connectivity index (χ4v) is 5.01. The van der Waals surface area contributed by atoms with Gasteiger partial charge in [-0.1, -0.05) is 66.7 Å². The third-order valence-corrected chi connectivity index (χ3v) is 7.12. The Kier molecular flexibility index (Phi) is 6.67. The first kappa shape index (κ1) is 24.0. The standard InChI is InChI=1S/C31H30N4O3/c1-34-28-18-24(25-16-17-32-19-25)12-13-26(28)35(31(34)36)27-14-15-29(37-20-22-8-4-2-5-9-22)33-30(27)38-21-23-10-6-3-7-11-23/h2-15,18,25,32H,16-17,19-21H2,1H3. The van der Waals surface area contributed by atoms with Crippen LogP contribution in [0.15, 0.2) is 95.8 Å². The molecule has 0 bridgehead atoms. The van der Waals surface area contributed by atoms with Gasteiger partial charge >= 0.3 is 5.69 Å². The van der Waals surface area contributed by atoms with Crippen molar-refractivity contribution in [1.29, 1.82) is 0 Å². The molecule has 0 amide bonds. The van der Waals surface area contributed by atoms with Gasteiger partial charge in [-0.2, -0.15) is 4.98 Å². The molecule has 1 unspecified atom stereocenters. The highest BCUT2D eigenvalue weighted by molar-refractivity contribution is 5.79. The minimum Gasteiger partial charge on any atom is -0.473 e. The average molecular weight is 507 g/mol. The smallest absolute Gasteiger partial charge is 0.333 e. The van der Waals surface area contributed by atoms with Gasteiger partial charge in [0.1, 0.15) is 18.9 Å². The second-order valence-electron chi connectivity index (χ2n) is 9.64. The van der Waals surface area contributed by atoms with E-state index in [9.17, 15) is 4.79 Å². The van der Waals surface area contributed by atoms with Gasteiger partial charge in [0.2, 0.25) is 11.8 Å². The molecule has 0 radical (unpaired) electrons. The molecule has 1 fully saturated rings. The molecule has 0 aliphatic carbocycles. The van der Waals surface area contributed by atoms with Gasteiger partial charge in [-0.3, -0.25) is 9.13 Å². The fraction of sp³-hybridized carbons (Fsp3) is 0.226. The normalized spacial score (nSPS) is 15.1. The molecular formula is C31H30N4O3. The summed E-state index contributed by atoms with van der Waals surface area (Å²) in [6, 6.07) is 29.8. The van der Waals surface area contributed by atoms with Crippen LogP contribution in [0.2, 0.25) is 0 Å². The van der Waals surface area contributed by atoms with Gasteiger partial charge in [0.15, 0.2) is 0 Å². The molecule has 2 aromatic heterocycles. The topological polar surface area (TPSA) is 70.3 Å². The maximum Gasteiger partial charge on any atom is 0.333 e. The van der Waals surface area contributed by atoms with Crippen molar-refractivity contribution in [2.45, 2.75) is 25.6 Å². The van der Waals surface area contributed by atoms with E-state index < -0.39 is 0 Å². The van der Waals surface area contributed by atoms with Gasteiger partial charge < -0.3 is 14.8 Å². The Morgan fingerprint density at radius 3 is 2.26 bits per heavy atom. The van der Waals surface area contributed by atoms with Crippen molar-refractivity contribution in [3.8, 4) is 17.4 Å². The van der Waals surface area contributed by atoms with Crippen LogP contribution < -0.4 is 20.5 Å². The first-order valence-electron chi connectivity index (χ1n) is 12.9. The predicted octanol–water partition coefficient (Wildman–Crippen LogP) is 4.96. The third-order valence-electron chi connectivity index (χ3n) is 7.12. The Labute approximate surface area is 221 Å². The van der Waals surface area contributed by atoms with E-state index in [0.29, 0.717) is 36.6 Å². The summed E-state index contributed by atoms with van der Waals surface area (Å²) in [5.41, 5.74) is 5.44. The van der Waals surface area contributed by atoms with Gasteiger partial charge in [-0.15, -0.1) is 0 Å². The minimum atomic E-state index is -0.147. The van der Waals surface area contributed by atoms with Crippen molar-refractivity contribution in [3.05, 3.63) is 118 Å². The molecule has 1 N–H and O–H groups in total. The van der Waals surface area contributed by atoms with Crippen molar-refractivity contribution in [2.75, 3.05) is 13.1 Å². The number of hydrogen-bond donors (Lipinski definition) is 1. The number of aromatic nitrogens is 3. The molecule has 1 saturated heterocycles. The van der Waals surface area contributed by atoms with Crippen molar-refractivity contribution < 1.29 is 9.47 Å². The molecule has 38 heavy (non-hydrogen) atoms.